The molecule has 40 heavy (non-hydrogen) atoms. The second-order valence-electron chi connectivity index (χ2n) is 9.08. The van der Waals surface area contributed by atoms with E-state index >= 15 is 0 Å². The van der Waals surface area contributed by atoms with Gasteiger partial charge in [-0.25, -0.2) is 4.39 Å². The zero-order valence-corrected chi connectivity index (χ0v) is 22.4. The monoisotopic (exact) mass is 561 g/mol. The van der Waals surface area contributed by atoms with Gasteiger partial charge >= 0.3 is 0 Å². The van der Waals surface area contributed by atoms with Crippen LogP contribution in [0.5, 0.6) is 17.2 Å². The molecule has 0 atom stereocenters. The van der Waals surface area contributed by atoms with E-state index in [1.54, 1.807) is 60.7 Å². The summed E-state index contributed by atoms with van der Waals surface area (Å²) in [6.45, 7) is 0.509. The zero-order chi connectivity index (χ0) is 28.5. The van der Waals surface area contributed by atoms with Crippen molar-refractivity contribution in [3.05, 3.63) is 119 Å². The van der Waals surface area contributed by atoms with E-state index in [1.807, 2.05) is 12.1 Å². The molecule has 0 radical (unpaired) electrons. The van der Waals surface area contributed by atoms with Crippen LogP contribution in [0, 0.1) is 5.82 Å². The van der Waals surface area contributed by atoms with Crippen molar-refractivity contribution in [3.63, 3.8) is 0 Å². The van der Waals surface area contributed by atoms with E-state index in [4.69, 9.17) is 22.1 Å². The Bertz CT molecular complexity index is 1480. The van der Waals surface area contributed by atoms with Crippen molar-refractivity contribution in [1.29, 1.82) is 0 Å². The van der Waals surface area contributed by atoms with Crippen molar-refractivity contribution in [2.45, 2.75) is 32.5 Å². The molecule has 0 aromatic heterocycles. The second kappa shape index (κ2) is 13.6. The van der Waals surface area contributed by atoms with Crippen LogP contribution in [0.2, 0.25) is 5.02 Å². The molecule has 0 saturated heterocycles. The number of rotatable bonds is 11. The molecule has 0 bridgehead atoms. The molecule has 4 aromatic rings. The molecule has 7 nitrogen and oxygen atoms in total. The summed E-state index contributed by atoms with van der Waals surface area (Å²) in [6, 6.07) is 24.9. The molecular weight excluding hydrogens is 533 g/mol. The minimum Gasteiger partial charge on any atom is -0.508 e. The Morgan fingerprint density at radius 1 is 0.925 bits per heavy atom. The number of carbonyl (C=O) groups is 2. The average Bonchev–Trinajstić information content (AvgIpc) is 2.95. The highest BCUT2D eigenvalue weighted by Gasteiger charge is 2.22. The molecule has 0 aliphatic heterocycles. The molecule has 2 amide bonds. The van der Waals surface area contributed by atoms with Gasteiger partial charge in [-0.1, -0.05) is 54.1 Å². The maximum atomic E-state index is 13.9. The highest BCUT2D eigenvalue weighted by atomic mass is 35.5. The standard InChI is InChI=1S/C31H29ClFN3O4/c32-24-10-13-28(29(17-24)40-26-6-3-4-22(16-26)18-34)36(20-21-8-11-25(37)12-9-21)31(39)15-14-30(38)35-19-23-5-1-2-7-27(23)33/h1-13,16-17,37H,14-15,18-20,34H2,(H,35,38). The predicted octanol–water partition coefficient (Wildman–Crippen LogP) is 6.07. The minimum absolute atomic E-state index is 0.0218. The van der Waals surface area contributed by atoms with E-state index < -0.39 is 5.82 Å². The number of anilines is 1. The molecule has 0 saturated carbocycles. The molecule has 0 fully saturated rings. The predicted molar refractivity (Wildman–Crippen MR) is 153 cm³/mol. The number of phenols is 1. The number of nitrogens with one attached hydrogen (secondary N) is 1. The van der Waals surface area contributed by atoms with Crippen LogP contribution in [0.25, 0.3) is 0 Å². The van der Waals surface area contributed by atoms with Crippen molar-refractivity contribution in [1.82, 2.24) is 5.32 Å². The van der Waals surface area contributed by atoms with Gasteiger partial charge in [-0.05, 0) is 53.6 Å². The summed E-state index contributed by atoms with van der Waals surface area (Å²) in [5.74, 6) is -0.159. The number of hydrogen-bond acceptors (Lipinski definition) is 5. The number of amides is 2. The maximum absolute atomic E-state index is 13.9. The molecule has 0 unspecified atom stereocenters. The molecular formula is C31H29ClFN3O4. The number of halogens is 2. The Morgan fingerprint density at radius 2 is 1.70 bits per heavy atom. The van der Waals surface area contributed by atoms with Crippen molar-refractivity contribution < 1.29 is 23.8 Å². The third-order valence-electron chi connectivity index (χ3n) is 6.15. The quantitative estimate of drug-likeness (QED) is 0.206. The van der Waals surface area contributed by atoms with Crippen molar-refractivity contribution in [3.8, 4) is 17.2 Å². The largest absolute Gasteiger partial charge is 0.508 e. The van der Waals surface area contributed by atoms with Crippen molar-refractivity contribution in [2.75, 3.05) is 4.90 Å². The van der Waals surface area contributed by atoms with Crippen LogP contribution in [0.4, 0.5) is 10.1 Å². The highest BCUT2D eigenvalue weighted by Crippen LogP contribution is 2.36. The number of benzene rings is 4. The normalized spacial score (nSPS) is 10.7. The first-order valence-corrected chi connectivity index (χ1v) is 13.0. The summed E-state index contributed by atoms with van der Waals surface area (Å²) >= 11 is 6.29. The first kappa shape index (κ1) is 28.6. The Kier molecular flexibility index (Phi) is 9.72. The summed E-state index contributed by atoms with van der Waals surface area (Å²) in [7, 11) is 0. The number of phenolic OH excluding ortho intramolecular Hbond substituents is 1. The summed E-state index contributed by atoms with van der Waals surface area (Å²) in [5.41, 5.74) is 8.21. The molecule has 0 heterocycles. The van der Waals surface area contributed by atoms with Gasteiger partial charge in [0.15, 0.2) is 5.75 Å². The van der Waals surface area contributed by atoms with Gasteiger partial charge in [0.25, 0.3) is 0 Å². The number of nitrogens with two attached hydrogens (primary N) is 1. The third-order valence-corrected chi connectivity index (χ3v) is 6.39. The van der Waals surface area contributed by atoms with Crippen LogP contribution in [0.3, 0.4) is 0 Å². The van der Waals surface area contributed by atoms with Crippen LogP contribution in [-0.2, 0) is 29.2 Å². The number of nitrogens with zero attached hydrogens (tertiary/aromatic N) is 1. The lowest BCUT2D eigenvalue weighted by atomic mass is 10.1. The lowest BCUT2D eigenvalue weighted by Gasteiger charge is -2.26. The fourth-order valence-corrected chi connectivity index (χ4v) is 4.19. The van der Waals surface area contributed by atoms with Gasteiger partial charge in [-0.15, -0.1) is 0 Å². The van der Waals surface area contributed by atoms with E-state index in [0.29, 0.717) is 34.3 Å². The average molecular weight is 562 g/mol. The topological polar surface area (TPSA) is 105 Å². The molecule has 4 rings (SSSR count). The minimum atomic E-state index is -0.411. The van der Waals surface area contributed by atoms with Gasteiger partial charge in [0.2, 0.25) is 11.8 Å². The van der Waals surface area contributed by atoms with Gasteiger partial charge in [0, 0.05) is 42.6 Å². The molecule has 4 aromatic carbocycles. The molecule has 4 N–H and O–H groups in total. The SMILES string of the molecule is NCc1cccc(Oc2cc(Cl)ccc2N(Cc2ccc(O)cc2)C(=O)CCC(=O)NCc2ccccc2F)c1. The molecule has 0 aliphatic rings. The van der Waals surface area contributed by atoms with Gasteiger partial charge in [0.05, 0.1) is 12.2 Å². The Labute approximate surface area is 237 Å². The maximum Gasteiger partial charge on any atom is 0.227 e. The Morgan fingerprint density at radius 3 is 2.45 bits per heavy atom. The van der Waals surface area contributed by atoms with Crippen LogP contribution in [0.1, 0.15) is 29.5 Å². The smallest absolute Gasteiger partial charge is 0.227 e. The second-order valence-corrected chi connectivity index (χ2v) is 9.52. The van der Waals surface area contributed by atoms with E-state index in [-0.39, 0.29) is 43.5 Å². The Balaban J connectivity index is 1.55. The number of aromatic hydroxyl groups is 1. The first-order valence-electron chi connectivity index (χ1n) is 12.7. The molecule has 0 aliphatic carbocycles. The fourth-order valence-electron chi connectivity index (χ4n) is 4.03. The first-order chi connectivity index (χ1) is 19.3. The summed E-state index contributed by atoms with van der Waals surface area (Å²) in [4.78, 5) is 27.6. The number of carbonyl (C=O) groups excluding carboxylic acids is 2. The van der Waals surface area contributed by atoms with E-state index in [1.165, 1.54) is 23.1 Å². The fraction of sp³-hybridized carbons (Fsp3) is 0.161. The number of hydrogen-bond donors (Lipinski definition) is 3. The zero-order valence-electron chi connectivity index (χ0n) is 21.6. The van der Waals surface area contributed by atoms with E-state index in [2.05, 4.69) is 5.32 Å². The van der Waals surface area contributed by atoms with Crippen LogP contribution >= 0.6 is 11.6 Å². The van der Waals surface area contributed by atoms with Crippen LogP contribution < -0.4 is 20.7 Å². The summed E-state index contributed by atoms with van der Waals surface area (Å²) in [6.07, 6.45) is -0.201. The highest BCUT2D eigenvalue weighted by molar-refractivity contribution is 6.30. The summed E-state index contributed by atoms with van der Waals surface area (Å²) < 4.78 is 20.0. The molecule has 0 spiro atoms. The van der Waals surface area contributed by atoms with Gasteiger partial charge < -0.3 is 25.8 Å². The molecule has 9 heteroatoms. The van der Waals surface area contributed by atoms with Crippen molar-refractivity contribution in [2.24, 2.45) is 5.73 Å². The lowest BCUT2D eigenvalue weighted by Crippen LogP contribution is -2.32. The van der Waals surface area contributed by atoms with E-state index in [9.17, 15) is 19.1 Å². The van der Waals surface area contributed by atoms with Crippen molar-refractivity contribution >= 4 is 29.1 Å². The molecule has 206 valence electrons. The third kappa shape index (κ3) is 7.81. The lowest BCUT2D eigenvalue weighted by molar-refractivity contribution is -0.125. The van der Waals surface area contributed by atoms with Gasteiger partial charge in [-0.3, -0.25) is 9.59 Å². The van der Waals surface area contributed by atoms with Gasteiger partial charge in [0.1, 0.15) is 17.3 Å². The summed E-state index contributed by atoms with van der Waals surface area (Å²) in [5, 5.41) is 12.8. The van der Waals surface area contributed by atoms with E-state index in [0.717, 1.165) is 11.1 Å². The Hall–Kier alpha value is -4.40. The van der Waals surface area contributed by atoms with Crippen LogP contribution in [-0.4, -0.2) is 16.9 Å². The van der Waals surface area contributed by atoms with Crippen LogP contribution in [0.15, 0.2) is 91.0 Å². The number of ether oxygens (including phenoxy) is 1. The van der Waals surface area contributed by atoms with Gasteiger partial charge in [-0.2, -0.15) is 0 Å².